The highest BCUT2D eigenvalue weighted by atomic mass is 35.5. The maximum absolute atomic E-state index is 13.0. The highest BCUT2D eigenvalue weighted by Gasteiger charge is 2.24. The van der Waals surface area contributed by atoms with Crippen LogP contribution < -0.4 is 5.32 Å². The van der Waals surface area contributed by atoms with Gasteiger partial charge in [0, 0.05) is 28.6 Å². The topological polar surface area (TPSA) is 32.3 Å². The molecule has 1 aromatic heterocycles. The molecule has 1 aliphatic heterocycles. The molecule has 0 saturated carbocycles. The lowest BCUT2D eigenvalue weighted by atomic mass is 9.96. The molecule has 6 heteroatoms. The second kappa shape index (κ2) is 11.0. The molecule has 1 aromatic carbocycles. The van der Waals surface area contributed by atoms with Gasteiger partial charge in [0.25, 0.3) is 5.91 Å². The van der Waals surface area contributed by atoms with E-state index < -0.39 is 0 Å². The van der Waals surface area contributed by atoms with Crippen molar-refractivity contribution < 1.29 is 4.79 Å². The average Bonchev–Trinajstić information content (AvgIpc) is 3.18. The molecule has 26 heavy (non-hydrogen) atoms. The van der Waals surface area contributed by atoms with Crippen molar-refractivity contribution in [1.82, 2.24) is 10.2 Å². The first-order chi connectivity index (χ1) is 12.3. The van der Waals surface area contributed by atoms with E-state index in [1.165, 1.54) is 4.88 Å². The lowest BCUT2D eigenvalue weighted by Gasteiger charge is -2.32. The van der Waals surface area contributed by atoms with Gasteiger partial charge in [-0.05, 0) is 55.4 Å². The molecule has 142 valence electrons. The Hall–Kier alpha value is -1.01. The molecule has 0 atom stereocenters. The summed E-state index contributed by atoms with van der Waals surface area (Å²) in [4.78, 5) is 17.5. The minimum absolute atomic E-state index is 0. The SMILES string of the molecule is CCNCC1CCN(C(=O)c2ccccc2SCc2cccs2)CC1.Cl. The Morgan fingerprint density at radius 3 is 2.69 bits per heavy atom. The average molecular weight is 411 g/mol. The number of thioether (sulfide) groups is 1. The number of benzene rings is 1. The third-order valence-corrected chi connectivity index (χ3v) is 6.83. The summed E-state index contributed by atoms with van der Waals surface area (Å²) in [6, 6.07) is 12.3. The number of likely N-dealkylation sites (tertiary alicyclic amines) is 1. The molecule has 0 bridgehead atoms. The first-order valence-corrected chi connectivity index (χ1v) is 10.9. The van der Waals surface area contributed by atoms with Gasteiger partial charge in [0.15, 0.2) is 0 Å². The summed E-state index contributed by atoms with van der Waals surface area (Å²) in [5.74, 6) is 1.82. The van der Waals surface area contributed by atoms with Crippen molar-refractivity contribution in [2.45, 2.75) is 30.4 Å². The van der Waals surface area contributed by atoms with Gasteiger partial charge in [-0.1, -0.05) is 25.1 Å². The van der Waals surface area contributed by atoms with Crippen LogP contribution in [-0.4, -0.2) is 37.0 Å². The Morgan fingerprint density at radius 1 is 1.23 bits per heavy atom. The predicted octanol–water partition coefficient (Wildman–Crippen LogP) is 4.92. The van der Waals surface area contributed by atoms with E-state index in [2.05, 4.69) is 35.8 Å². The number of hydrogen-bond acceptors (Lipinski definition) is 4. The van der Waals surface area contributed by atoms with E-state index in [4.69, 9.17) is 0 Å². The van der Waals surface area contributed by atoms with Gasteiger partial charge in [0.1, 0.15) is 0 Å². The summed E-state index contributed by atoms with van der Waals surface area (Å²) in [6.07, 6.45) is 2.20. The van der Waals surface area contributed by atoms with Gasteiger partial charge in [-0.25, -0.2) is 0 Å². The highest BCUT2D eigenvalue weighted by Crippen LogP contribution is 2.29. The van der Waals surface area contributed by atoms with Crippen LogP contribution in [0, 0.1) is 5.92 Å². The number of carbonyl (C=O) groups excluding carboxylic acids is 1. The van der Waals surface area contributed by atoms with E-state index >= 15 is 0 Å². The van der Waals surface area contributed by atoms with E-state index in [-0.39, 0.29) is 18.3 Å². The minimum atomic E-state index is 0. The third-order valence-electron chi connectivity index (χ3n) is 4.65. The fourth-order valence-electron chi connectivity index (χ4n) is 3.17. The molecule has 1 saturated heterocycles. The third kappa shape index (κ3) is 5.74. The van der Waals surface area contributed by atoms with Gasteiger partial charge in [0.2, 0.25) is 0 Å². The summed E-state index contributed by atoms with van der Waals surface area (Å²) in [5.41, 5.74) is 0.856. The number of carbonyl (C=O) groups is 1. The van der Waals surface area contributed by atoms with Crippen LogP contribution >= 0.6 is 35.5 Å². The number of nitrogens with zero attached hydrogens (tertiary/aromatic N) is 1. The number of halogens is 1. The number of nitrogens with one attached hydrogen (secondary N) is 1. The van der Waals surface area contributed by atoms with Crippen LogP contribution in [0.2, 0.25) is 0 Å². The fraction of sp³-hybridized carbons (Fsp3) is 0.450. The van der Waals surface area contributed by atoms with Crippen molar-refractivity contribution in [3.05, 3.63) is 52.2 Å². The highest BCUT2D eigenvalue weighted by molar-refractivity contribution is 7.98. The lowest BCUT2D eigenvalue weighted by Crippen LogP contribution is -2.40. The number of piperidine rings is 1. The molecule has 3 rings (SSSR count). The largest absolute Gasteiger partial charge is 0.339 e. The van der Waals surface area contributed by atoms with Gasteiger partial charge < -0.3 is 10.2 Å². The lowest BCUT2D eigenvalue weighted by molar-refractivity contribution is 0.0687. The van der Waals surface area contributed by atoms with Gasteiger partial charge >= 0.3 is 0 Å². The smallest absolute Gasteiger partial charge is 0.254 e. The van der Waals surface area contributed by atoms with Crippen LogP contribution in [0.25, 0.3) is 0 Å². The Bertz CT molecular complexity index is 670. The molecule has 0 radical (unpaired) electrons. The van der Waals surface area contributed by atoms with Gasteiger partial charge in [0.05, 0.1) is 5.56 Å². The second-order valence-electron chi connectivity index (χ2n) is 6.41. The quantitative estimate of drug-likeness (QED) is 0.657. The van der Waals surface area contributed by atoms with Gasteiger partial charge in [-0.15, -0.1) is 35.5 Å². The van der Waals surface area contributed by atoms with Gasteiger partial charge in [-0.3, -0.25) is 4.79 Å². The van der Waals surface area contributed by atoms with E-state index in [9.17, 15) is 4.79 Å². The minimum Gasteiger partial charge on any atom is -0.339 e. The predicted molar refractivity (Wildman–Crippen MR) is 115 cm³/mol. The van der Waals surface area contributed by atoms with E-state index in [0.717, 1.165) is 55.2 Å². The van der Waals surface area contributed by atoms with Crippen molar-refractivity contribution in [3.63, 3.8) is 0 Å². The molecular formula is C20H27ClN2OS2. The molecule has 1 aliphatic rings. The number of thiophene rings is 1. The van der Waals surface area contributed by atoms with Crippen molar-refractivity contribution in [1.29, 1.82) is 0 Å². The number of hydrogen-bond donors (Lipinski definition) is 1. The molecule has 0 unspecified atom stereocenters. The first kappa shape index (κ1) is 21.3. The molecule has 1 N–H and O–H groups in total. The zero-order valence-electron chi connectivity index (χ0n) is 15.1. The molecule has 1 amide bonds. The zero-order chi connectivity index (χ0) is 17.5. The van der Waals surface area contributed by atoms with Crippen LogP contribution in [0.5, 0.6) is 0 Å². The maximum atomic E-state index is 13.0. The summed E-state index contributed by atoms with van der Waals surface area (Å²) in [6.45, 7) is 5.99. The monoisotopic (exact) mass is 410 g/mol. The summed E-state index contributed by atoms with van der Waals surface area (Å²) in [7, 11) is 0. The van der Waals surface area contributed by atoms with Crippen molar-refractivity contribution in [3.8, 4) is 0 Å². The first-order valence-electron chi connectivity index (χ1n) is 9.02. The number of amides is 1. The van der Waals surface area contributed by atoms with Crippen molar-refractivity contribution in [2.24, 2.45) is 5.92 Å². The van der Waals surface area contributed by atoms with Crippen LogP contribution in [0.1, 0.15) is 35.0 Å². The normalized spacial score (nSPS) is 14.9. The number of rotatable bonds is 7. The standard InChI is InChI=1S/C20H26N2OS2.ClH/c1-2-21-14-16-9-11-22(12-10-16)20(23)18-7-3-4-8-19(18)25-15-17-6-5-13-24-17;/h3-8,13,16,21H,2,9-12,14-15H2,1H3;1H. The van der Waals surface area contributed by atoms with Crippen LogP contribution in [-0.2, 0) is 5.75 Å². The van der Waals surface area contributed by atoms with E-state index in [1.54, 1.807) is 23.1 Å². The molecular weight excluding hydrogens is 384 g/mol. The Labute approximate surface area is 171 Å². The summed E-state index contributed by atoms with van der Waals surface area (Å²) < 4.78 is 0. The fourth-order valence-corrected chi connectivity index (χ4v) is 4.99. The van der Waals surface area contributed by atoms with E-state index in [1.807, 2.05) is 23.1 Å². The molecule has 0 aliphatic carbocycles. The van der Waals surface area contributed by atoms with Crippen LogP contribution in [0.3, 0.4) is 0 Å². The molecule has 3 nitrogen and oxygen atoms in total. The zero-order valence-corrected chi connectivity index (χ0v) is 17.6. The maximum Gasteiger partial charge on any atom is 0.254 e. The Morgan fingerprint density at radius 2 is 2.00 bits per heavy atom. The van der Waals surface area contributed by atoms with Gasteiger partial charge in [-0.2, -0.15) is 0 Å². The van der Waals surface area contributed by atoms with Crippen molar-refractivity contribution >= 4 is 41.4 Å². The van der Waals surface area contributed by atoms with Crippen LogP contribution in [0.15, 0.2) is 46.7 Å². The molecule has 1 fully saturated rings. The molecule has 2 heterocycles. The Balaban J connectivity index is 0.00000243. The summed E-state index contributed by atoms with van der Waals surface area (Å²) >= 11 is 3.53. The van der Waals surface area contributed by atoms with Crippen LogP contribution in [0.4, 0.5) is 0 Å². The second-order valence-corrected chi connectivity index (χ2v) is 8.46. The molecule has 0 spiro atoms. The van der Waals surface area contributed by atoms with E-state index in [0.29, 0.717) is 5.92 Å². The molecule has 2 aromatic rings. The Kier molecular flexibility index (Phi) is 8.99. The van der Waals surface area contributed by atoms with Crippen molar-refractivity contribution in [2.75, 3.05) is 26.2 Å². The summed E-state index contributed by atoms with van der Waals surface area (Å²) in [5, 5.41) is 5.53.